The number of halogens is 2. The maximum Gasteiger partial charge on any atom is 0.279 e. The minimum atomic E-state index is -3.98. The van der Waals surface area contributed by atoms with E-state index in [9.17, 15) is 12.8 Å². The Morgan fingerprint density at radius 3 is 2.85 bits per heavy atom. The number of nitrogens with two attached hydrogens (primary N) is 1. The van der Waals surface area contributed by atoms with Gasteiger partial charge in [-0.2, -0.15) is 8.42 Å². The van der Waals surface area contributed by atoms with Gasteiger partial charge in [0.1, 0.15) is 18.8 Å². The van der Waals surface area contributed by atoms with E-state index >= 15 is 0 Å². The molecule has 3 N–H and O–H groups in total. The second-order valence-corrected chi connectivity index (χ2v) is 7.59. The number of anilines is 1. The van der Waals surface area contributed by atoms with Crippen molar-refractivity contribution in [2.75, 3.05) is 11.4 Å². The van der Waals surface area contributed by atoms with Gasteiger partial charge in [0.25, 0.3) is 10.0 Å². The lowest BCUT2D eigenvalue weighted by molar-refractivity contribution is 0.549. The zero-order valence-corrected chi connectivity index (χ0v) is 16.3. The third-order valence-corrected chi connectivity index (χ3v) is 5.36. The standard InChI is InChI=1S/C18H20ClFN4O2S/c1-3-13-6-5-7-15(8-13)23-27(25,26)17-11-22-12-24(17)18(21)16(19)9-14(4-2)10-20/h4-9,11-12,23H,2-3,10,21H2,1H3/b14-9+,18-16-. The van der Waals surface area contributed by atoms with Gasteiger partial charge in [-0.1, -0.05) is 43.3 Å². The number of rotatable bonds is 8. The minimum Gasteiger partial charge on any atom is -0.384 e. The molecular weight excluding hydrogens is 391 g/mol. The first-order chi connectivity index (χ1) is 12.8. The van der Waals surface area contributed by atoms with E-state index in [1.54, 1.807) is 18.2 Å². The molecule has 0 bridgehead atoms. The van der Waals surface area contributed by atoms with Crippen LogP contribution >= 0.6 is 11.6 Å². The summed E-state index contributed by atoms with van der Waals surface area (Å²) in [7, 11) is -3.98. The van der Waals surface area contributed by atoms with Gasteiger partial charge in [-0.15, -0.1) is 0 Å². The monoisotopic (exact) mass is 410 g/mol. The Morgan fingerprint density at radius 1 is 1.48 bits per heavy atom. The van der Waals surface area contributed by atoms with E-state index in [0.717, 1.165) is 22.7 Å². The van der Waals surface area contributed by atoms with E-state index in [-0.39, 0.29) is 21.5 Å². The third-order valence-electron chi connectivity index (χ3n) is 3.70. The number of alkyl halides is 1. The van der Waals surface area contributed by atoms with Gasteiger partial charge in [0, 0.05) is 5.69 Å². The number of benzene rings is 1. The van der Waals surface area contributed by atoms with Gasteiger partial charge in [-0.05, 0) is 35.8 Å². The Bertz CT molecular complexity index is 996. The third kappa shape index (κ3) is 4.99. The second kappa shape index (κ2) is 8.88. The van der Waals surface area contributed by atoms with E-state index < -0.39 is 16.7 Å². The van der Waals surface area contributed by atoms with Crippen LogP contribution in [0.4, 0.5) is 10.1 Å². The molecule has 1 heterocycles. The van der Waals surface area contributed by atoms with Crippen LogP contribution in [0.15, 0.2) is 71.2 Å². The molecule has 2 aromatic rings. The fourth-order valence-electron chi connectivity index (χ4n) is 2.23. The van der Waals surface area contributed by atoms with Crippen LogP contribution in [0.1, 0.15) is 12.5 Å². The van der Waals surface area contributed by atoms with E-state index in [1.165, 1.54) is 18.5 Å². The Kier molecular flexibility index (Phi) is 6.81. The van der Waals surface area contributed by atoms with Crippen molar-refractivity contribution in [1.82, 2.24) is 9.55 Å². The van der Waals surface area contributed by atoms with Crippen LogP contribution in [0.25, 0.3) is 5.82 Å². The highest BCUT2D eigenvalue weighted by Crippen LogP contribution is 2.21. The number of aryl methyl sites for hydroxylation is 1. The van der Waals surface area contributed by atoms with Gasteiger partial charge < -0.3 is 5.73 Å². The van der Waals surface area contributed by atoms with Crippen molar-refractivity contribution in [2.45, 2.75) is 18.4 Å². The molecule has 0 spiro atoms. The quantitative estimate of drug-likeness (QED) is 0.650. The first kappa shape index (κ1) is 20.7. The van der Waals surface area contributed by atoms with Gasteiger partial charge in [0.05, 0.1) is 11.2 Å². The van der Waals surface area contributed by atoms with E-state index in [2.05, 4.69) is 16.3 Å². The number of sulfonamides is 1. The minimum absolute atomic E-state index is 0.0371. The predicted octanol–water partition coefficient (Wildman–Crippen LogP) is 3.65. The van der Waals surface area contributed by atoms with Gasteiger partial charge in [0.2, 0.25) is 0 Å². The summed E-state index contributed by atoms with van der Waals surface area (Å²) in [5, 5.41) is -0.237. The zero-order chi connectivity index (χ0) is 20.0. The summed E-state index contributed by atoms with van der Waals surface area (Å²) in [5.41, 5.74) is 7.57. The van der Waals surface area contributed by atoms with Crippen molar-refractivity contribution >= 4 is 33.1 Å². The van der Waals surface area contributed by atoms with Crippen LogP contribution in [0, 0.1) is 0 Å². The second-order valence-electron chi connectivity index (χ2n) is 5.55. The lowest BCUT2D eigenvalue weighted by atomic mass is 10.1. The molecule has 0 saturated heterocycles. The highest BCUT2D eigenvalue weighted by Gasteiger charge is 2.21. The number of nitrogens with one attached hydrogen (secondary N) is 1. The molecule has 0 amide bonds. The summed E-state index contributed by atoms with van der Waals surface area (Å²) in [6.45, 7) is 4.66. The summed E-state index contributed by atoms with van der Waals surface area (Å²) < 4.78 is 41.9. The highest BCUT2D eigenvalue weighted by molar-refractivity contribution is 7.92. The molecule has 6 nitrogen and oxygen atoms in total. The Labute approximate surface area is 162 Å². The Balaban J connectivity index is 2.42. The topological polar surface area (TPSA) is 90.0 Å². The largest absolute Gasteiger partial charge is 0.384 e. The summed E-state index contributed by atoms with van der Waals surface area (Å²) in [6.07, 6.45) is 5.70. The lowest BCUT2D eigenvalue weighted by Gasteiger charge is -2.12. The van der Waals surface area contributed by atoms with Crippen molar-refractivity contribution in [3.05, 3.63) is 71.7 Å². The molecule has 0 atom stereocenters. The average Bonchev–Trinajstić information content (AvgIpc) is 3.15. The molecule has 1 aromatic heterocycles. The predicted molar refractivity (Wildman–Crippen MR) is 106 cm³/mol. The average molecular weight is 411 g/mol. The molecule has 2 rings (SSSR count). The van der Waals surface area contributed by atoms with E-state index in [4.69, 9.17) is 17.3 Å². The summed E-state index contributed by atoms with van der Waals surface area (Å²) >= 11 is 6.10. The molecule has 0 fully saturated rings. The Morgan fingerprint density at radius 2 is 2.22 bits per heavy atom. The highest BCUT2D eigenvalue weighted by atomic mass is 35.5. The van der Waals surface area contributed by atoms with E-state index in [1.807, 2.05) is 13.0 Å². The number of nitrogens with zero attached hydrogens (tertiary/aromatic N) is 2. The molecule has 27 heavy (non-hydrogen) atoms. The fourth-order valence-corrected chi connectivity index (χ4v) is 3.61. The van der Waals surface area contributed by atoms with Gasteiger partial charge in [-0.3, -0.25) is 9.29 Å². The van der Waals surface area contributed by atoms with E-state index in [0.29, 0.717) is 5.69 Å². The molecule has 1 aromatic carbocycles. The number of imidazole rings is 1. The van der Waals surface area contributed by atoms with Gasteiger partial charge >= 0.3 is 0 Å². The molecule has 0 aliphatic rings. The van der Waals surface area contributed by atoms with Crippen molar-refractivity contribution in [3.63, 3.8) is 0 Å². The molecule has 0 saturated carbocycles. The maximum atomic E-state index is 12.8. The van der Waals surface area contributed by atoms with Crippen LogP contribution in [-0.4, -0.2) is 24.6 Å². The van der Waals surface area contributed by atoms with Crippen LogP contribution in [0.3, 0.4) is 0 Å². The Hall–Kier alpha value is -2.58. The molecule has 0 unspecified atom stereocenters. The smallest absolute Gasteiger partial charge is 0.279 e. The summed E-state index contributed by atoms with van der Waals surface area (Å²) in [6, 6.07) is 7.04. The SMILES string of the molecule is C=C/C(=C\C(Cl)=C(/N)n1cncc1S(=O)(=O)Nc1cccc(CC)c1)CF. The van der Waals surface area contributed by atoms with Gasteiger partial charge in [0.15, 0.2) is 5.03 Å². The molecule has 0 aliphatic carbocycles. The molecular formula is C18H20ClFN4O2S. The fraction of sp³-hybridized carbons (Fsp3) is 0.167. The van der Waals surface area contributed by atoms with Crippen molar-refractivity contribution in [1.29, 1.82) is 0 Å². The van der Waals surface area contributed by atoms with Crippen molar-refractivity contribution < 1.29 is 12.8 Å². The van der Waals surface area contributed by atoms with Crippen molar-refractivity contribution in [3.8, 4) is 0 Å². The summed E-state index contributed by atoms with van der Waals surface area (Å²) in [5.74, 6) is -0.107. The van der Waals surface area contributed by atoms with Crippen LogP contribution in [-0.2, 0) is 16.4 Å². The number of hydrogen-bond donors (Lipinski definition) is 2. The molecule has 0 aliphatic heterocycles. The number of allylic oxidation sites excluding steroid dienone is 4. The number of aromatic nitrogens is 2. The van der Waals surface area contributed by atoms with Crippen molar-refractivity contribution in [2.24, 2.45) is 5.73 Å². The first-order valence-corrected chi connectivity index (χ1v) is 9.87. The first-order valence-electron chi connectivity index (χ1n) is 8.01. The molecule has 0 radical (unpaired) electrons. The maximum absolute atomic E-state index is 12.8. The van der Waals surface area contributed by atoms with Gasteiger partial charge in [-0.25, -0.2) is 9.37 Å². The normalized spacial score (nSPS) is 13.2. The summed E-state index contributed by atoms with van der Waals surface area (Å²) in [4.78, 5) is 3.84. The van der Waals surface area contributed by atoms with Crippen LogP contribution in [0.2, 0.25) is 0 Å². The van der Waals surface area contributed by atoms with Crippen LogP contribution < -0.4 is 10.5 Å². The lowest BCUT2D eigenvalue weighted by Crippen LogP contribution is -2.19. The number of hydrogen-bond acceptors (Lipinski definition) is 4. The molecule has 144 valence electrons. The zero-order valence-electron chi connectivity index (χ0n) is 14.7. The molecule has 9 heteroatoms. The van der Waals surface area contributed by atoms with Crippen LogP contribution in [0.5, 0.6) is 0 Å².